The molecule has 0 saturated carbocycles. The van der Waals surface area contributed by atoms with E-state index in [9.17, 15) is 9.59 Å². The number of urea groups is 1. The maximum atomic E-state index is 12.0. The third-order valence-electron chi connectivity index (χ3n) is 4.56. The Labute approximate surface area is 139 Å². The van der Waals surface area contributed by atoms with E-state index in [2.05, 4.69) is 5.32 Å². The maximum Gasteiger partial charge on any atom is 0.317 e. The number of rotatable bonds is 5. The summed E-state index contributed by atoms with van der Waals surface area (Å²) >= 11 is 1.82. The van der Waals surface area contributed by atoms with Crippen LogP contribution in [0.1, 0.15) is 41.3 Å². The van der Waals surface area contributed by atoms with Gasteiger partial charge in [0, 0.05) is 30.9 Å². The van der Waals surface area contributed by atoms with Crippen molar-refractivity contribution in [2.75, 3.05) is 19.6 Å². The van der Waals surface area contributed by atoms with Crippen molar-refractivity contribution >= 4 is 23.3 Å². The van der Waals surface area contributed by atoms with Gasteiger partial charge in [0.05, 0.1) is 16.6 Å². The minimum Gasteiger partial charge on any atom is -0.481 e. The summed E-state index contributed by atoms with van der Waals surface area (Å²) in [6.45, 7) is 1.46. The number of likely N-dealkylation sites (tertiary alicyclic amines) is 1. The summed E-state index contributed by atoms with van der Waals surface area (Å²) in [5, 5.41) is 13.0. The van der Waals surface area contributed by atoms with Crippen molar-refractivity contribution in [3.8, 4) is 0 Å². The van der Waals surface area contributed by atoms with Gasteiger partial charge < -0.3 is 15.3 Å². The number of hydrogen-bond donors (Lipinski definition) is 2. The molecule has 23 heavy (non-hydrogen) atoms. The van der Waals surface area contributed by atoms with Gasteiger partial charge in [-0.1, -0.05) is 0 Å². The summed E-state index contributed by atoms with van der Waals surface area (Å²) in [6, 6.07) is -0.146. The standard InChI is InChI=1S/C16H23N3O3S/c20-15(21)11-7-9-19(10-11)16(22)17-8-3-6-14-18-12-4-1-2-5-13(12)23-14/h11H,1-10H2,(H,17,22)(H,20,21). The average Bonchev–Trinajstić information content (AvgIpc) is 3.17. The molecule has 0 bridgehead atoms. The number of aliphatic carboxylic acids is 1. The first-order valence-electron chi connectivity index (χ1n) is 8.36. The molecule has 0 radical (unpaired) electrons. The highest BCUT2D eigenvalue weighted by molar-refractivity contribution is 7.11. The lowest BCUT2D eigenvalue weighted by molar-refractivity contribution is -0.141. The molecular formula is C16H23N3O3S. The van der Waals surface area contributed by atoms with E-state index in [0.717, 1.165) is 19.3 Å². The normalized spacial score (nSPS) is 20.3. The first-order chi connectivity index (χ1) is 11.1. The molecule has 1 saturated heterocycles. The van der Waals surface area contributed by atoms with Gasteiger partial charge in [0.2, 0.25) is 0 Å². The predicted molar refractivity (Wildman–Crippen MR) is 87.8 cm³/mol. The van der Waals surface area contributed by atoms with Crippen LogP contribution in [0.3, 0.4) is 0 Å². The van der Waals surface area contributed by atoms with E-state index in [1.807, 2.05) is 11.3 Å². The summed E-state index contributed by atoms with van der Waals surface area (Å²) < 4.78 is 0. The quantitative estimate of drug-likeness (QED) is 0.806. The number of carboxylic acids is 1. The van der Waals surface area contributed by atoms with Crippen LogP contribution in [-0.4, -0.2) is 46.6 Å². The molecule has 1 aliphatic heterocycles. The summed E-state index contributed by atoms with van der Waals surface area (Å²) in [5.74, 6) is -1.23. The van der Waals surface area contributed by atoms with E-state index < -0.39 is 11.9 Å². The molecule has 1 unspecified atom stereocenters. The third kappa shape index (κ3) is 4.02. The topological polar surface area (TPSA) is 82.5 Å². The van der Waals surface area contributed by atoms with Crippen molar-refractivity contribution in [3.05, 3.63) is 15.6 Å². The van der Waals surface area contributed by atoms with E-state index in [1.165, 1.54) is 34.8 Å². The number of carboxylic acid groups (broad SMARTS) is 1. The monoisotopic (exact) mass is 337 g/mol. The van der Waals surface area contributed by atoms with Gasteiger partial charge in [-0.05, 0) is 38.5 Å². The van der Waals surface area contributed by atoms with Crippen molar-refractivity contribution in [1.82, 2.24) is 15.2 Å². The Morgan fingerprint density at radius 3 is 2.91 bits per heavy atom. The van der Waals surface area contributed by atoms with Gasteiger partial charge in [0.25, 0.3) is 0 Å². The van der Waals surface area contributed by atoms with E-state index in [1.54, 1.807) is 4.90 Å². The van der Waals surface area contributed by atoms with E-state index in [-0.39, 0.29) is 6.03 Å². The molecule has 2 N–H and O–H groups in total. The molecule has 1 fully saturated rings. The van der Waals surface area contributed by atoms with Crippen LogP contribution in [0.2, 0.25) is 0 Å². The fraction of sp³-hybridized carbons (Fsp3) is 0.688. The molecule has 0 spiro atoms. The predicted octanol–water partition coefficient (Wildman–Crippen LogP) is 2.07. The zero-order valence-corrected chi connectivity index (χ0v) is 14.0. The highest BCUT2D eigenvalue weighted by Crippen LogP contribution is 2.27. The van der Waals surface area contributed by atoms with Crippen molar-refractivity contribution < 1.29 is 14.7 Å². The number of aryl methyl sites for hydroxylation is 3. The van der Waals surface area contributed by atoms with Crippen LogP contribution in [0.15, 0.2) is 0 Å². The van der Waals surface area contributed by atoms with Crippen LogP contribution in [0, 0.1) is 5.92 Å². The molecule has 6 nitrogen and oxygen atoms in total. The number of aromatic nitrogens is 1. The molecule has 2 heterocycles. The highest BCUT2D eigenvalue weighted by atomic mass is 32.1. The molecule has 3 rings (SSSR count). The van der Waals surface area contributed by atoms with Gasteiger partial charge in [-0.15, -0.1) is 11.3 Å². The molecule has 1 atom stereocenters. The van der Waals surface area contributed by atoms with Crippen molar-refractivity contribution in [1.29, 1.82) is 0 Å². The van der Waals surface area contributed by atoms with Crippen LogP contribution >= 0.6 is 11.3 Å². The number of thiazole rings is 1. The second kappa shape index (κ2) is 7.29. The van der Waals surface area contributed by atoms with Gasteiger partial charge in [0.15, 0.2) is 0 Å². The molecule has 2 aliphatic rings. The van der Waals surface area contributed by atoms with Crippen LogP contribution in [0.5, 0.6) is 0 Å². The Hall–Kier alpha value is -1.63. The van der Waals surface area contributed by atoms with Crippen molar-refractivity contribution in [2.24, 2.45) is 5.92 Å². The van der Waals surface area contributed by atoms with Crippen molar-refractivity contribution in [3.63, 3.8) is 0 Å². The fourth-order valence-electron chi connectivity index (χ4n) is 3.21. The largest absolute Gasteiger partial charge is 0.481 e. The van der Waals surface area contributed by atoms with E-state index in [0.29, 0.717) is 26.1 Å². The first kappa shape index (κ1) is 16.2. The minimum absolute atomic E-state index is 0.146. The molecule has 7 heteroatoms. The highest BCUT2D eigenvalue weighted by Gasteiger charge is 2.30. The molecular weight excluding hydrogens is 314 g/mol. The van der Waals surface area contributed by atoms with Crippen LogP contribution in [-0.2, 0) is 24.1 Å². The Morgan fingerprint density at radius 1 is 1.35 bits per heavy atom. The molecule has 1 aromatic rings. The second-order valence-electron chi connectivity index (χ2n) is 6.29. The van der Waals surface area contributed by atoms with Gasteiger partial charge in [0.1, 0.15) is 0 Å². The van der Waals surface area contributed by atoms with E-state index in [4.69, 9.17) is 10.1 Å². The van der Waals surface area contributed by atoms with Gasteiger partial charge in [-0.2, -0.15) is 0 Å². The SMILES string of the molecule is O=C(O)C1CCN(C(=O)NCCCc2nc3c(s2)CCCC3)C1. The zero-order chi connectivity index (χ0) is 16.2. The minimum atomic E-state index is -0.812. The fourth-order valence-corrected chi connectivity index (χ4v) is 4.40. The number of nitrogens with zero attached hydrogens (tertiary/aromatic N) is 2. The lowest BCUT2D eigenvalue weighted by atomic mass is 10.0. The Bertz CT molecular complexity index is 564. The first-order valence-corrected chi connectivity index (χ1v) is 9.18. The third-order valence-corrected chi connectivity index (χ3v) is 5.78. The van der Waals surface area contributed by atoms with Crippen molar-refractivity contribution in [2.45, 2.75) is 44.9 Å². The van der Waals surface area contributed by atoms with Crippen LogP contribution < -0.4 is 5.32 Å². The van der Waals surface area contributed by atoms with Gasteiger partial charge in [-0.3, -0.25) is 4.79 Å². The molecule has 126 valence electrons. The number of amides is 2. The van der Waals surface area contributed by atoms with E-state index >= 15 is 0 Å². The zero-order valence-electron chi connectivity index (χ0n) is 13.2. The van der Waals surface area contributed by atoms with Gasteiger partial charge in [-0.25, -0.2) is 9.78 Å². The van der Waals surface area contributed by atoms with Crippen LogP contribution in [0.4, 0.5) is 4.79 Å². The maximum absolute atomic E-state index is 12.0. The second-order valence-corrected chi connectivity index (χ2v) is 7.46. The Kier molecular flexibility index (Phi) is 5.15. The van der Waals surface area contributed by atoms with Crippen LogP contribution in [0.25, 0.3) is 0 Å². The lowest BCUT2D eigenvalue weighted by Gasteiger charge is -2.16. The summed E-state index contributed by atoms with van der Waals surface area (Å²) in [5.41, 5.74) is 1.29. The number of nitrogens with one attached hydrogen (secondary N) is 1. The Morgan fingerprint density at radius 2 is 2.17 bits per heavy atom. The Balaban J connectivity index is 1.37. The molecule has 0 aromatic carbocycles. The summed E-state index contributed by atoms with van der Waals surface area (Å²) in [7, 11) is 0. The summed E-state index contributed by atoms with van der Waals surface area (Å²) in [4.78, 5) is 30.7. The summed E-state index contributed by atoms with van der Waals surface area (Å²) in [6.07, 6.45) is 7.13. The molecule has 1 aliphatic carbocycles. The smallest absolute Gasteiger partial charge is 0.317 e. The number of carbonyl (C=O) groups excluding carboxylic acids is 1. The average molecular weight is 337 g/mol. The number of fused-ring (bicyclic) bond motifs is 1. The lowest BCUT2D eigenvalue weighted by Crippen LogP contribution is -2.39. The molecule has 1 aromatic heterocycles. The number of carbonyl (C=O) groups is 2. The molecule has 2 amide bonds. The van der Waals surface area contributed by atoms with Gasteiger partial charge >= 0.3 is 12.0 Å². The number of hydrogen-bond acceptors (Lipinski definition) is 4.